The fraction of sp³-hybridized carbons (Fsp3) is 0.812. The van der Waals surface area contributed by atoms with E-state index in [1.54, 1.807) is 6.92 Å². The van der Waals surface area contributed by atoms with Crippen molar-refractivity contribution in [1.82, 2.24) is 0 Å². The number of esters is 1. The van der Waals surface area contributed by atoms with Crippen molar-refractivity contribution in [3.63, 3.8) is 0 Å². The molecule has 1 N–H and O–H groups in total. The Morgan fingerprint density at radius 1 is 1.32 bits per heavy atom. The highest BCUT2D eigenvalue weighted by atomic mass is 16.7. The Balaban J connectivity index is 1.88. The second-order valence-corrected chi connectivity index (χ2v) is 6.24. The maximum atomic E-state index is 12.3. The molecule has 8 atom stereocenters. The minimum Gasteiger partial charge on any atom is -0.466 e. The van der Waals surface area contributed by atoms with Gasteiger partial charge >= 0.3 is 5.97 Å². The molecular weight excluding hydrogens is 288 g/mol. The molecule has 2 fully saturated rings. The molecule has 2 saturated heterocycles. The van der Waals surface area contributed by atoms with Crippen molar-refractivity contribution < 1.29 is 28.8 Å². The summed E-state index contributed by atoms with van der Waals surface area (Å²) in [7, 11) is 0. The van der Waals surface area contributed by atoms with Crippen molar-refractivity contribution in [2.24, 2.45) is 23.7 Å². The fourth-order valence-corrected chi connectivity index (χ4v) is 3.85. The molecule has 124 valence electrons. The molecule has 2 aliphatic heterocycles. The van der Waals surface area contributed by atoms with Gasteiger partial charge in [0, 0.05) is 11.8 Å². The Labute approximate surface area is 130 Å². The molecule has 0 unspecified atom stereocenters. The van der Waals surface area contributed by atoms with E-state index in [1.165, 1.54) is 0 Å². The van der Waals surface area contributed by atoms with Crippen LogP contribution in [0.3, 0.4) is 0 Å². The van der Waals surface area contributed by atoms with Gasteiger partial charge in [-0.15, -0.1) is 0 Å². The van der Waals surface area contributed by atoms with Crippen LogP contribution >= 0.6 is 0 Å². The summed E-state index contributed by atoms with van der Waals surface area (Å²) in [6.45, 7) is 6.30. The molecular formula is C16H24O6. The number of hydrogen-bond donors (Lipinski definition) is 1. The van der Waals surface area contributed by atoms with Crippen LogP contribution in [0.1, 0.15) is 20.8 Å². The molecule has 6 nitrogen and oxygen atoms in total. The first-order valence-electron chi connectivity index (χ1n) is 7.98. The largest absolute Gasteiger partial charge is 0.466 e. The highest BCUT2D eigenvalue weighted by Gasteiger charge is 2.54. The van der Waals surface area contributed by atoms with E-state index in [0.717, 1.165) is 0 Å². The van der Waals surface area contributed by atoms with Gasteiger partial charge in [-0.3, -0.25) is 4.79 Å². The lowest BCUT2D eigenvalue weighted by Gasteiger charge is -2.51. The summed E-state index contributed by atoms with van der Waals surface area (Å²) < 4.78 is 22.2. The molecule has 0 spiro atoms. The Morgan fingerprint density at radius 2 is 2.09 bits per heavy atom. The number of hydrogen-bond acceptors (Lipinski definition) is 6. The van der Waals surface area contributed by atoms with Crippen LogP contribution in [0.5, 0.6) is 0 Å². The maximum Gasteiger partial charge on any atom is 0.310 e. The topological polar surface area (TPSA) is 74.2 Å². The zero-order valence-corrected chi connectivity index (χ0v) is 13.2. The molecule has 6 heteroatoms. The second kappa shape index (κ2) is 6.28. The molecule has 0 aromatic rings. The van der Waals surface area contributed by atoms with Gasteiger partial charge in [0.25, 0.3) is 0 Å². The fourth-order valence-electron chi connectivity index (χ4n) is 3.85. The lowest BCUT2D eigenvalue weighted by Crippen LogP contribution is -2.60. The standard InChI is InChI=1S/C16H24O6/c1-4-19-15(17)12-8(2)5-6-10-13(12)16(18)22-11-7-20-9(3)21-14(10)11/h5-6,8-14,16,18H,4,7H2,1-3H3/t8-,9-,10-,11-,12-,13-,14+,16-/m1/s1. The Morgan fingerprint density at radius 3 is 2.82 bits per heavy atom. The van der Waals surface area contributed by atoms with E-state index in [4.69, 9.17) is 18.9 Å². The van der Waals surface area contributed by atoms with E-state index in [0.29, 0.717) is 13.2 Å². The van der Waals surface area contributed by atoms with Gasteiger partial charge in [-0.25, -0.2) is 0 Å². The van der Waals surface area contributed by atoms with Gasteiger partial charge in [-0.1, -0.05) is 19.1 Å². The molecule has 3 rings (SSSR count). The lowest BCUT2D eigenvalue weighted by atomic mass is 9.66. The molecule has 0 aromatic heterocycles. The molecule has 0 amide bonds. The molecule has 0 aromatic carbocycles. The van der Waals surface area contributed by atoms with E-state index in [1.807, 2.05) is 26.0 Å². The Hall–Kier alpha value is -0.950. The van der Waals surface area contributed by atoms with Gasteiger partial charge in [0.05, 0.1) is 25.2 Å². The van der Waals surface area contributed by atoms with E-state index in [-0.39, 0.29) is 42.2 Å². The number of ether oxygens (including phenoxy) is 4. The van der Waals surface area contributed by atoms with Crippen LogP contribution in [0.15, 0.2) is 12.2 Å². The van der Waals surface area contributed by atoms with Crippen molar-refractivity contribution >= 4 is 5.97 Å². The van der Waals surface area contributed by atoms with E-state index >= 15 is 0 Å². The van der Waals surface area contributed by atoms with Crippen LogP contribution in [0, 0.1) is 23.7 Å². The predicted octanol–water partition coefficient (Wildman–Crippen LogP) is 1.08. The van der Waals surface area contributed by atoms with Crippen LogP contribution in [0.2, 0.25) is 0 Å². The van der Waals surface area contributed by atoms with Crippen molar-refractivity contribution in [1.29, 1.82) is 0 Å². The molecule has 22 heavy (non-hydrogen) atoms. The Kier molecular flexibility index (Phi) is 4.54. The number of aliphatic hydroxyl groups is 1. The van der Waals surface area contributed by atoms with Crippen LogP contribution in [0.25, 0.3) is 0 Å². The number of aliphatic hydroxyl groups excluding tert-OH is 1. The molecule has 0 saturated carbocycles. The van der Waals surface area contributed by atoms with Crippen LogP contribution in [-0.4, -0.2) is 49.1 Å². The monoisotopic (exact) mass is 312 g/mol. The summed E-state index contributed by atoms with van der Waals surface area (Å²) in [6, 6.07) is 0. The van der Waals surface area contributed by atoms with Gasteiger partial charge in [-0.05, 0) is 19.8 Å². The van der Waals surface area contributed by atoms with Crippen LogP contribution in [0.4, 0.5) is 0 Å². The van der Waals surface area contributed by atoms with E-state index < -0.39 is 12.2 Å². The van der Waals surface area contributed by atoms with Crippen molar-refractivity contribution in [3.05, 3.63) is 12.2 Å². The predicted molar refractivity (Wildman–Crippen MR) is 76.6 cm³/mol. The third-order valence-electron chi connectivity index (χ3n) is 4.85. The normalized spacial score (nSPS) is 47.5. The summed E-state index contributed by atoms with van der Waals surface area (Å²) in [5, 5.41) is 10.4. The average Bonchev–Trinajstić information content (AvgIpc) is 2.48. The van der Waals surface area contributed by atoms with Crippen molar-refractivity contribution in [2.45, 2.75) is 45.6 Å². The number of allylic oxidation sites excluding steroid dienone is 1. The third kappa shape index (κ3) is 2.69. The van der Waals surface area contributed by atoms with Gasteiger partial charge in [-0.2, -0.15) is 0 Å². The highest BCUT2D eigenvalue weighted by Crippen LogP contribution is 2.45. The minimum absolute atomic E-state index is 0.00707. The van der Waals surface area contributed by atoms with Gasteiger partial charge in [0.15, 0.2) is 12.6 Å². The van der Waals surface area contributed by atoms with Gasteiger partial charge in [0.1, 0.15) is 6.10 Å². The minimum atomic E-state index is -1.02. The van der Waals surface area contributed by atoms with E-state index in [2.05, 4.69) is 0 Å². The smallest absolute Gasteiger partial charge is 0.310 e. The third-order valence-corrected chi connectivity index (χ3v) is 4.85. The molecule has 1 aliphatic carbocycles. The van der Waals surface area contributed by atoms with Gasteiger partial charge in [0.2, 0.25) is 0 Å². The zero-order chi connectivity index (χ0) is 15.9. The lowest BCUT2D eigenvalue weighted by molar-refractivity contribution is -0.333. The highest BCUT2D eigenvalue weighted by molar-refractivity contribution is 5.74. The first kappa shape index (κ1) is 15.9. The average molecular weight is 312 g/mol. The van der Waals surface area contributed by atoms with Crippen LogP contribution in [-0.2, 0) is 23.7 Å². The van der Waals surface area contributed by atoms with Crippen molar-refractivity contribution in [3.8, 4) is 0 Å². The quantitative estimate of drug-likeness (QED) is 0.607. The van der Waals surface area contributed by atoms with E-state index in [9.17, 15) is 9.90 Å². The second-order valence-electron chi connectivity index (χ2n) is 6.24. The number of fused-ring (bicyclic) bond motifs is 3. The van der Waals surface area contributed by atoms with Crippen molar-refractivity contribution in [2.75, 3.05) is 13.2 Å². The molecule has 3 aliphatic rings. The molecule has 0 radical (unpaired) electrons. The first-order valence-corrected chi connectivity index (χ1v) is 7.98. The number of carbonyl (C=O) groups is 1. The zero-order valence-electron chi connectivity index (χ0n) is 13.2. The first-order chi connectivity index (χ1) is 10.5. The summed E-state index contributed by atoms with van der Waals surface area (Å²) in [6.07, 6.45) is 2.21. The maximum absolute atomic E-state index is 12.3. The summed E-state index contributed by atoms with van der Waals surface area (Å²) in [5.74, 6) is -1.15. The SMILES string of the molecule is CCOC(=O)[C@H]1[C@H]2[C@@H](C=C[C@H]1C)[C@@H]1O[C@H](C)OC[C@H]1O[C@H]2O. The summed E-state index contributed by atoms with van der Waals surface area (Å²) in [5.41, 5.74) is 0. The van der Waals surface area contributed by atoms with Crippen LogP contribution < -0.4 is 0 Å². The van der Waals surface area contributed by atoms with Gasteiger partial charge < -0.3 is 24.1 Å². The number of rotatable bonds is 2. The molecule has 0 bridgehead atoms. The summed E-state index contributed by atoms with van der Waals surface area (Å²) >= 11 is 0. The molecule has 2 heterocycles. The number of carbonyl (C=O) groups excluding carboxylic acids is 1. The Bertz CT molecular complexity index is 450. The summed E-state index contributed by atoms with van der Waals surface area (Å²) in [4.78, 5) is 12.3.